The van der Waals surface area contributed by atoms with E-state index in [0.29, 0.717) is 6.54 Å². The highest BCUT2D eigenvalue weighted by Gasteiger charge is 2.09. The van der Waals surface area contributed by atoms with Gasteiger partial charge in [-0.1, -0.05) is 42.5 Å². The van der Waals surface area contributed by atoms with Gasteiger partial charge in [-0.3, -0.25) is 0 Å². The molecule has 0 atom stereocenters. The highest BCUT2D eigenvalue weighted by atomic mass is 32.1. The van der Waals surface area contributed by atoms with Gasteiger partial charge in [-0.15, -0.1) is 0 Å². The second-order valence-corrected chi connectivity index (χ2v) is 8.06. The number of fused-ring (bicyclic) bond motifs is 2. The molecule has 0 spiro atoms. The summed E-state index contributed by atoms with van der Waals surface area (Å²) in [5, 5.41) is 7.90. The Bertz CT molecular complexity index is 1420. The number of rotatable bonds is 7. The van der Waals surface area contributed by atoms with E-state index < -0.39 is 0 Å². The quantitative estimate of drug-likeness (QED) is 0.275. The van der Waals surface area contributed by atoms with Crippen molar-refractivity contribution in [3.8, 4) is 0 Å². The van der Waals surface area contributed by atoms with E-state index in [9.17, 15) is 0 Å². The number of anilines is 2. The van der Waals surface area contributed by atoms with Crippen LogP contribution in [0.2, 0.25) is 0 Å². The SMILES string of the molecule is CCn1c(=S)[nH]c2cc3c(NCc4ccc(NCc5ccccc5)cc4)ncnc3cc21. The van der Waals surface area contributed by atoms with Gasteiger partial charge >= 0.3 is 0 Å². The number of nitrogens with one attached hydrogen (secondary N) is 3. The smallest absolute Gasteiger partial charge is 0.178 e. The number of hydrogen-bond acceptors (Lipinski definition) is 5. The molecule has 0 saturated carbocycles. The maximum atomic E-state index is 5.45. The summed E-state index contributed by atoms with van der Waals surface area (Å²) in [5.74, 6) is 0.812. The second kappa shape index (κ2) is 8.80. The zero-order valence-electron chi connectivity index (χ0n) is 17.8. The lowest BCUT2D eigenvalue weighted by Crippen LogP contribution is -2.03. The van der Waals surface area contributed by atoms with Gasteiger partial charge in [0.2, 0.25) is 0 Å². The van der Waals surface area contributed by atoms with Crippen LogP contribution in [-0.4, -0.2) is 19.5 Å². The van der Waals surface area contributed by atoms with Crippen molar-refractivity contribution in [1.82, 2.24) is 19.5 Å². The molecule has 3 N–H and O–H groups in total. The Hall–Kier alpha value is -3.71. The van der Waals surface area contributed by atoms with Crippen LogP contribution in [0, 0.1) is 4.77 Å². The molecule has 0 aliphatic heterocycles. The summed E-state index contributed by atoms with van der Waals surface area (Å²) in [4.78, 5) is 12.2. The Morgan fingerprint density at radius 1 is 0.906 bits per heavy atom. The van der Waals surface area contributed by atoms with Gasteiger partial charge in [-0.05, 0) is 54.5 Å². The van der Waals surface area contributed by atoms with Crippen LogP contribution in [0.4, 0.5) is 11.5 Å². The van der Waals surface area contributed by atoms with Crippen molar-refractivity contribution in [3.05, 3.63) is 89.0 Å². The molecule has 32 heavy (non-hydrogen) atoms. The number of hydrogen-bond donors (Lipinski definition) is 3. The van der Waals surface area contributed by atoms with Crippen molar-refractivity contribution in [2.45, 2.75) is 26.6 Å². The van der Waals surface area contributed by atoms with Crippen molar-refractivity contribution in [3.63, 3.8) is 0 Å². The summed E-state index contributed by atoms with van der Waals surface area (Å²) < 4.78 is 2.80. The molecule has 0 unspecified atom stereocenters. The number of aromatic nitrogens is 4. The standard InChI is InChI=1S/C25H24N6S/c1-2-31-23-13-21-20(12-22(23)30-25(31)32)24(29-16-28-21)27-15-18-8-10-19(11-9-18)26-14-17-6-4-3-5-7-17/h3-13,16,26H,2,14-15H2,1H3,(H,30,32)(H,27,28,29). The monoisotopic (exact) mass is 440 g/mol. The third-order valence-corrected chi connectivity index (χ3v) is 5.92. The highest BCUT2D eigenvalue weighted by Crippen LogP contribution is 2.26. The van der Waals surface area contributed by atoms with E-state index in [1.807, 2.05) is 6.07 Å². The minimum Gasteiger partial charge on any atom is -0.381 e. The molecule has 2 heterocycles. The predicted octanol–water partition coefficient (Wildman–Crippen LogP) is 5.89. The van der Waals surface area contributed by atoms with E-state index in [1.54, 1.807) is 6.33 Å². The largest absolute Gasteiger partial charge is 0.381 e. The number of imidazole rings is 1. The van der Waals surface area contributed by atoms with Crippen LogP contribution in [0.25, 0.3) is 21.9 Å². The summed E-state index contributed by atoms with van der Waals surface area (Å²) in [7, 11) is 0. The molecule has 0 saturated heterocycles. The molecular weight excluding hydrogens is 416 g/mol. The third-order valence-electron chi connectivity index (χ3n) is 5.60. The van der Waals surface area contributed by atoms with Crippen molar-refractivity contribution in [2.75, 3.05) is 10.6 Å². The molecule has 0 aliphatic rings. The molecular formula is C25H24N6S. The van der Waals surface area contributed by atoms with E-state index in [1.165, 1.54) is 11.1 Å². The molecule has 0 amide bonds. The minimum absolute atomic E-state index is 0.676. The Labute approximate surface area is 191 Å². The fourth-order valence-corrected chi connectivity index (χ4v) is 4.23. The zero-order chi connectivity index (χ0) is 21.9. The average Bonchev–Trinajstić information content (AvgIpc) is 3.15. The molecule has 2 aromatic heterocycles. The van der Waals surface area contributed by atoms with Gasteiger partial charge in [0.15, 0.2) is 4.77 Å². The van der Waals surface area contributed by atoms with Crippen LogP contribution >= 0.6 is 12.2 Å². The summed E-state index contributed by atoms with van der Waals surface area (Å²) in [5.41, 5.74) is 6.50. The summed E-state index contributed by atoms with van der Waals surface area (Å²) >= 11 is 5.45. The van der Waals surface area contributed by atoms with E-state index in [-0.39, 0.29) is 0 Å². The maximum Gasteiger partial charge on any atom is 0.178 e. The Morgan fingerprint density at radius 3 is 2.44 bits per heavy atom. The summed E-state index contributed by atoms with van der Waals surface area (Å²) in [6.45, 7) is 4.39. The summed E-state index contributed by atoms with van der Waals surface area (Å²) in [6, 6.07) is 23.0. The van der Waals surface area contributed by atoms with Gasteiger partial charge in [0.05, 0.1) is 16.6 Å². The number of aromatic amines is 1. The van der Waals surface area contributed by atoms with E-state index in [2.05, 4.69) is 97.7 Å². The van der Waals surface area contributed by atoms with Crippen LogP contribution in [0.3, 0.4) is 0 Å². The summed E-state index contributed by atoms with van der Waals surface area (Å²) in [6.07, 6.45) is 1.60. The molecule has 0 aliphatic carbocycles. The van der Waals surface area contributed by atoms with Gasteiger partial charge in [0, 0.05) is 30.7 Å². The normalized spacial score (nSPS) is 11.2. The predicted molar refractivity (Wildman–Crippen MR) is 133 cm³/mol. The molecule has 5 rings (SSSR count). The molecule has 3 aromatic carbocycles. The Balaban J connectivity index is 1.31. The van der Waals surface area contributed by atoms with Crippen LogP contribution in [0.1, 0.15) is 18.1 Å². The van der Waals surface area contributed by atoms with Crippen LogP contribution < -0.4 is 10.6 Å². The molecule has 7 heteroatoms. The first kappa shape index (κ1) is 20.2. The first-order valence-electron chi connectivity index (χ1n) is 10.7. The van der Waals surface area contributed by atoms with Crippen LogP contribution in [0.5, 0.6) is 0 Å². The van der Waals surface area contributed by atoms with Gasteiger partial charge in [0.25, 0.3) is 0 Å². The van der Waals surface area contributed by atoms with Crippen molar-refractivity contribution >= 4 is 45.7 Å². The van der Waals surface area contributed by atoms with Crippen molar-refractivity contribution in [1.29, 1.82) is 0 Å². The average molecular weight is 441 g/mol. The molecule has 0 bridgehead atoms. The maximum absolute atomic E-state index is 5.45. The topological polar surface area (TPSA) is 70.6 Å². The van der Waals surface area contributed by atoms with Crippen molar-refractivity contribution in [2.24, 2.45) is 0 Å². The fraction of sp³-hybridized carbons (Fsp3) is 0.160. The lowest BCUT2D eigenvalue weighted by Gasteiger charge is -2.10. The lowest BCUT2D eigenvalue weighted by atomic mass is 10.1. The Kier molecular flexibility index (Phi) is 5.56. The van der Waals surface area contributed by atoms with Gasteiger partial charge < -0.3 is 20.2 Å². The highest BCUT2D eigenvalue weighted by molar-refractivity contribution is 7.71. The lowest BCUT2D eigenvalue weighted by molar-refractivity contribution is 0.774. The van der Waals surface area contributed by atoms with Gasteiger partial charge in [-0.25, -0.2) is 9.97 Å². The second-order valence-electron chi connectivity index (χ2n) is 7.67. The first-order valence-corrected chi connectivity index (χ1v) is 11.1. The van der Waals surface area contributed by atoms with Gasteiger partial charge in [-0.2, -0.15) is 0 Å². The fourth-order valence-electron chi connectivity index (χ4n) is 3.89. The van der Waals surface area contributed by atoms with E-state index in [0.717, 1.165) is 51.3 Å². The first-order chi connectivity index (χ1) is 15.7. The number of nitrogens with zero attached hydrogens (tertiary/aromatic N) is 3. The molecule has 160 valence electrons. The van der Waals surface area contributed by atoms with Crippen LogP contribution in [-0.2, 0) is 19.6 Å². The van der Waals surface area contributed by atoms with Crippen LogP contribution in [0.15, 0.2) is 73.1 Å². The minimum atomic E-state index is 0.676. The molecule has 0 radical (unpaired) electrons. The van der Waals surface area contributed by atoms with E-state index >= 15 is 0 Å². The molecule has 6 nitrogen and oxygen atoms in total. The number of benzene rings is 3. The van der Waals surface area contributed by atoms with Gasteiger partial charge in [0.1, 0.15) is 12.1 Å². The Morgan fingerprint density at radius 2 is 1.66 bits per heavy atom. The van der Waals surface area contributed by atoms with E-state index in [4.69, 9.17) is 12.2 Å². The molecule has 0 fully saturated rings. The zero-order valence-corrected chi connectivity index (χ0v) is 18.6. The number of aryl methyl sites for hydroxylation is 1. The third kappa shape index (κ3) is 4.07. The van der Waals surface area contributed by atoms with Crippen molar-refractivity contribution < 1.29 is 0 Å². The number of H-pyrrole nitrogens is 1. The molecule has 5 aromatic rings.